The summed E-state index contributed by atoms with van der Waals surface area (Å²) in [6, 6.07) is 1.57. The number of nitrogens with one attached hydrogen (secondary N) is 1. The van der Waals surface area contributed by atoms with Crippen molar-refractivity contribution >= 4 is 16.7 Å². The molecule has 6 nitrogen and oxygen atoms in total. The fraction of sp³-hybridized carbons (Fsp3) is 0.250. The van der Waals surface area contributed by atoms with Gasteiger partial charge in [0.2, 0.25) is 0 Å². The topological polar surface area (TPSA) is 103 Å². The molecule has 0 bridgehead atoms. The molecule has 0 unspecified atom stereocenters. The summed E-state index contributed by atoms with van der Waals surface area (Å²) >= 11 is 0. The SMILES string of the molecule is Cc1cc2c(CO)n[nH]c(=O)c2c(C)c1C(=O)O. The van der Waals surface area contributed by atoms with Gasteiger partial charge in [-0.05, 0) is 31.0 Å². The van der Waals surface area contributed by atoms with Gasteiger partial charge in [-0.25, -0.2) is 9.89 Å². The fourth-order valence-electron chi connectivity index (χ4n) is 2.19. The van der Waals surface area contributed by atoms with Crippen LogP contribution in [0.4, 0.5) is 0 Å². The Labute approximate surface area is 102 Å². The molecule has 0 aliphatic rings. The van der Waals surface area contributed by atoms with E-state index in [9.17, 15) is 14.7 Å². The average molecular weight is 248 g/mol. The first-order valence-electron chi connectivity index (χ1n) is 5.33. The lowest BCUT2D eigenvalue weighted by atomic mass is 9.96. The van der Waals surface area contributed by atoms with Crippen LogP contribution in [0.2, 0.25) is 0 Å². The van der Waals surface area contributed by atoms with Gasteiger partial charge in [-0.15, -0.1) is 0 Å². The van der Waals surface area contributed by atoms with E-state index in [2.05, 4.69) is 10.2 Å². The first-order valence-corrected chi connectivity index (χ1v) is 5.33. The van der Waals surface area contributed by atoms with E-state index < -0.39 is 11.5 Å². The van der Waals surface area contributed by atoms with Gasteiger partial charge in [0.1, 0.15) is 0 Å². The highest BCUT2D eigenvalue weighted by Gasteiger charge is 2.17. The number of carboxylic acids is 1. The minimum Gasteiger partial charge on any atom is -0.478 e. The molecule has 6 heteroatoms. The van der Waals surface area contributed by atoms with E-state index in [0.717, 1.165) is 0 Å². The molecule has 0 amide bonds. The van der Waals surface area contributed by atoms with Crippen LogP contribution in [0.25, 0.3) is 10.8 Å². The van der Waals surface area contributed by atoms with E-state index in [1.54, 1.807) is 19.9 Å². The number of aryl methyl sites for hydroxylation is 2. The van der Waals surface area contributed by atoms with Crippen LogP contribution in [-0.4, -0.2) is 26.4 Å². The summed E-state index contributed by atoms with van der Waals surface area (Å²) in [5, 5.41) is 25.1. The standard InChI is InChI=1S/C12H12N2O4/c1-5-3-7-8(4-15)13-14-11(16)10(7)6(2)9(5)12(17)18/h3,15H,4H2,1-2H3,(H,14,16)(H,17,18). The highest BCUT2D eigenvalue weighted by Crippen LogP contribution is 2.24. The molecular formula is C12H12N2O4. The van der Waals surface area contributed by atoms with Gasteiger partial charge in [-0.1, -0.05) is 0 Å². The molecule has 0 aliphatic heterocycles. The van der Waals surface area contributed by atoms with Gasteiger partial charge in [0, 0.05) is 5.39 Å². The maximum atomic E-state index is 11.8. The third-order valence-electron chi connectivity index (χ3n) is 2.97. The molecule has 2 aromatic rings. The zero-order valence-electron chi connectivity index (χ0n) is 9.94. The van der Waals surface area contributed by atoms with Crippen LogP contribution in [0.15, 0.2) is 10.9 Å². The predicted octanol–water partition coefficient (Wildman–Crippen LogP) is 0.730. The lowest BCUT2D eigenvalue weighted by molar-refractivity contribution is 0.0695. The molecule has 0 fully saturated rings. The van der Waals surface area contributed by atoms with Crippen molar-refractivity contribution in [2.24, 2.45) is 0 Å². The molecule has 94 valence electrons. The van der Waals surface area contributed by atoms with Gasteiger partial charge in [0.25, 0.3) is 5.56 Å². The Morgan fingerprint density at radius 2 is 2.11 bits per heavy atom. The number of aromatic amines is 1. The lowest BCUT2D eigenvalue weighted by Crippen LogP contribution is -2.15. The number of hydrogen-bond acceptors (Lipinski definition) is 4. The Balaban J connectivity index is 3.04. The van der Waals surface area contributed by atoms with Crippen LogP contribution in [0.5, 0.6) is 0 Å². The Bertz CT molecular complexity index is 703. The van der Waals surface area contributed by atoms with Crippen LogP contribution in [-0.2, 0) is 6.61 Å². The highest BCUT2D eigenvalue weighted by molar-refractivity contribution is 5.99. The van der Waals surface area contributed by atoms with Crippen LogP contribution in [0.1, 0.15) is 27.2 Å². The number of aromatic nitrogens is 2. The van der Waals surface area contributed by atoms with E-state index >= 15 is 0 Å². The van der Waals surface area contributed by atoms with Crippen LogP contribution < -0.4 is 5.56 Å². The summed E-state index contributed by atoms with van der Waals surface area (Å²) in [6.07, 6.45) is 0. The monoisotopic (exact) mass is 248 g/mol. The van der Waals surface area contributed by atoms with Crippen LogP contribution in [0, 0.1) is 13.8 Å². The van der Waals surface area contributed by atoms with E-state index in [1.807, 2.05) is 0 Å². The summed E-state index contributed by atoms with van der Waals surface area (Å²) in [4.78, 5) is 22.9. The smallest absolute Gasteiger partial charge is 0.336 e. The molecule has 0 spiro atoms. The molecule has 0 saturated heterocycles. The molecule has 18 heavy (non-hydrogen) atoms. The number of rotatable bonds is 2. The minimum absolute atomic E-state index is 0.114. The highest BCUT2D eigenvalue weighted by atomic mass is 16.4. The maximum Gasteiger partial charge on any atom is 0.336 e. The number of aromatic carboxylic acids is 1. The molecule has 1 heterocycles. The molecule has 0 radical (unpaired) electrons. The number of fused-ring (bicyclic) bond motifs is 1. The second kappa shape index (κ2) is 4.23. The maximum absolute atomic E-state index is 11.8. The van der Waals surface area contributed by atoms with Crippen molar-refractivity contribution in [3.8, 4) is 0 Å². The first kappa shape index (κ1) is 12.3. The molecule has 1 aromatic carbocycles. The van der Waals surface area contributed by atoms with E-state index in [4.69, 9.17) is 5.11 Å². The Morgan fingerprint density at radius 3 is 2.67 bits per heavy atom. The Hall–Kier alpha value is -2.21. The van der Waals surface area contributed by atoms with Crippen LogP contribution in [0.3, 0.4) is 0 Å². The third-order valence-corrected chi connectivity index (χ3v) is 2.97. The number of carbonyl (C=O) groups is 1. The van der Waals surface area contributed by atoms with Gasteiger partial charge in [0.05, 0.1) is 23.3 Å². The predicted molar refractivity (Wildman–Crippen MR) is 64.7 cm³/mol. The summed E-state index contributed by atoms with van der Waals surface area (Å²) in [7, 11) is 0. The van der Waals surface area contributed by atoms with Crippen LogP contribution >= 0.6 is 0 Å². The number of benzene rings is 1. The molecule has 2 rings (SSSR count). The Kier molecular flexibility index (Phi) is 2.88. The van der Waals surface area contributed by atoms with Crippen molar-refractivity contribution in [2.45, 2.75) is 20.5 Å². The summed E-state index contributed by atoms with van der Waals surface area (Å²) < 4.78 is 0. The zero-order valence-corrected chi connectivity index (χ0v) is 9.94. The number of hydrogen-bond donors (Lipinski definition) is 3. The van der Waals surface area contributed by atoms with Crippen molar-refractivity contribution in [1.29, 1.82) is 0 Å². The second-order valence-electron chi connectivity index (χ2n) is 4.08. The number of aliphatic hydroxyl groups is 1. The lowest BCUT2D eigenvalue weighted by Gasteiger charge is -2.10. The average Bonchev–Trinajstić information content (AvgIpc) is 2.28. The Morgan fingerprint density at radius 1 is 1.44 bits per heavy atom. The van der Waals surface area contributed by atoms with Gasteiger partial charge >= 0.3 is 5.97 Å². The van der Waals surface area contributed by atoms with Crippen molar-refractivity contribution in [2.75, 3.05) is 0 Å². The molecule has 0 atom stereocenters. The fourth-order valence-corrected chi connectivity index (χ4v) is 2.19. The normalized spacial score (nSPS) is 10.8. The van der Waals surface area contributed by atoms with Crippen molar-refractivity contribution in [3.63, 3.8) is 0 Å². The van der Waals surface area contributed by atoms with Gasteiger partial charge < -0.3 is 10.2 Å². The molecule has 0 aliphatic carbocycles. The van der Waals surface area contributed by atoms with Crippen molar-refractivity contribution in [3.05, 3.63) is 38.8 Å². The van der Waals surface area contributed by atoms with E-state index in [0.29, 0.717) is 22.2 Å². The zero-order chi connectivity index (χ0) is 13.4. The quantitative estimate of drug-likeness (QED) is 0.727. The molecular weight excluding hydrogens is 236 g/mol. The van der Waals surface area contributed by atoms with Crippen molar-refractivity contribution in [1.82, 2.24) is 10.2 Å². The number of nitrogens with zero attached hydrogens (tertiary/aromatic N) is 1. The summed E-state index contributed by atoms with van der Waals surface area (Å²) in [6.45, 7) is 2.91. The minimum atomic E-state index is -1.08. The summed E-state index contributed by atoms with van der Waals surface area (Å²) in [5.41, 5.74) is 0.906. The van der Waals surface area contributed by atoms with Gasteiger partial charge in [-0.3, -0.25) is 4.79 Å². The number of aliphatic hydroxyl groups excluding tert-OH is 1. The number of carboxylic acid groups (broad SMARTS) is 1. The largest absolute Gasteiger partial charge is 0.478 e. The van der Waals surface area contributed by atoms with Gasteiger partial charge in [-0.2, -0.15) is 5.10 Å². The molecule has 1 aromatic heterocycles. The summed E-state index contributed by atoms with van der Waals surface area (Å²) in [5.74, 6) is -1.08. The molecule has 3 N–H and O–H groups in total. The third kappa shape index (κ3) is 1.67. The number of H-pyrrole nitrogens is 1. The van der Waals surface area contributed by atoms with E-state index in [-0.39, 0.29) is 17.6 Å². The van der Waals surface area contributed by atoms with Crippen molar-refractivity contribution < 1.29 is 15.0 Å². The second-order valence-corrected chi connectivity index (χ2v) is 4.08. The van der Waals surface area contributed by atoms with E-state index in [1.165, 1.54) is 0 Å². The van der Waals surface area contributed by atoms with Gasteiger partial charge in [0.15, 0.2) is 0 Å². The first-order chi connectivity index (χ1) is 8.47. The molecule has 0 saturated carbocycles.